The lowest BCUT2D eigenvalue weighted by molar-refractivity contribution is -0.148. The molecule has 1 atom stereocenters. The molecule has 0 radical (unpaired) electrons. The Morgan fingerprint density at radius 3 is 2.88 bits per heavy atom. The Balaban J connectivity index is 1.91. The van der Waals surface area contributed by atoms with Crippen molar-refractivity contribution in [2.45, 2.75) is 32.4 Å². The number of rotatable bonds is 3. The van der Waals surface area contributed by atoms with Gasteiger partial charge in [-0.3, -0.25) is 14.5 Å². The summed E-state index contributed by atoms with van der Waals surface area (Å²) in [6, 6.07) is 3.91. The van der Waals surface area contributed by atoms with E-state index in [4.69, 9.17) is 0 Å². The van der Waals surface area contributed by atoms with Crippen molar-refractivity contribution in [3.8, 4) is 0 Å². The summed E-state index contributed by atoms with van der Waals surface area (Å²) in [6.45, 7) is 2.75. The van der Waals surface area contributed by atoms with Crippen LogP contribution in [0.4, 0.5) is 0 Å². The van der Waals surface area contributed by atoms with Gasteiger partial charge in [0.15, 0.2) is 0 Å². The highest BCUT2D eigenvalue weighted by molar-refractivity contribution is 7.11. The number of nitrogens with zero attached hydrogens (tertiary/aromatic N) is 1. The SMILES string of the molecule is Cc1ccc(CNC2CCC(=O)N(C)C2=O)s1. The van der Waals surface area contributed by atoms with E-state index in [9.17, 15) is 9.59 Å². The first-order valence-corrected chi connectivity index (χ1v) is 6.48. The van der Waals surface area contributed by atoms with Gasteiger partial charge >= 0.3 is 0 Å². The van der Waals surface area contributed by atoms with E-state index in [0.29, 0.717) is 19.4 Å². The van der Waals surface area contributed by atoms with Crippen molar-refractivity contribution in [1.82, 2.24) is 10.2 Å². The van der Waals surface area contributed by atoms with Crippen LogP contribution in [-0.4, -0.2) is 29.8 Å². The van der Waals surface area contributed by atoms with Gasteiger partial charge in [-0.05, 0) is 25.5 Å². The Kier molecular flexibility index (Phi) is 3.59. The van der Waals surface area contributed by atoms with Crippen molar-refractivity contribution in [3.05, 3.63) is 21.9 Å². The first-order valence-electron chi connectivity index (χ1n) is 5.67. The van der Waals surface area contributed by atoms with Gasteiger partial charge in [-0.25, -0.2) is 0 Å². The molecule has 0 saturated carbocycles. The summed E-state index contributed by atoms with van der Waals surface area (Å²) >= 11 is 1.72. The Bertz CT molecular complexity index is 441. The van der Waals surface area contributed by atoms with Crippen LogP contribution < -0.4 is 5.32 Å². The monoisotopic (exact) mass is 252 g/mol. The molecule has 4 nitrogen and oxygen atoms in total. The summed E-state index contributed by atoms with van der Waals surface area (Å²) in [4.78, 5) is 26.8. The van der Waals surface area contributed by atoms with Crippen LogP contribution in [0.15, 0.2) is 12.1 Å². The highest BCUT2D eigenvalue weighted by atomic mass is 32.1. The van der Waals surface area contributed by atoms with E-state index in [1.165, 1.54) is 14.7 Å². The molecule has 1 aliphatic rings. The fourth-order valence-electron chi connectivity index (χ4n) is 1.91. The van der Waals surface area contributed by atoms with Gasteiger partial charge in [0, 0.05) is 29.8 Å². The number of thiophene rings is 1. The molecule has 0 aliphatic carbocycles. The second kappa shape index (κ2) is 4.98. The van der Waals surface area contributed by atoms with Crippen LogP contribution in [0, 0.1) is 6.92 Å². The van der Waals surface area contributed by atoms with Gasteiger partial charge in [-0.2, -0.15) is 0 Å². The number of aryl methyl sites for hydroxylation is 1. The molecule has 1 N–H and O–H groups in total. The van der Waals surface area contributed by atoms with Crippen LogP contribution in [0.25, 0.3) is 0 Å². The Labute approximate surface area is 105 Å². The Morgan fingerprint density at radius 1 is 1.47 bits per heavy atom. The molecule has 1 saturated heterocycles. The predicted octanol–water partition coefficient (Wildman–Crippen LogP) is 1.29. The van der Waals surface area contributed by atoms with Crippen molar-refractivity contribution in [3.63, 3.8) is 0 Å². The van der Waals surface area contributed by atoms with Gasteiger partial charge in [0.2, 0.25) is 11.8 Å². The summed E-state index contributed by atoms with van der Waals surface area (Å²) in [7, 11) is 1.55. The summed E-state index contributed by atoms with van der Waals surface area (Å²) in [5, 5.41) is 3.22. The summed E-state index contributed by atoms with van der Waals surface area (Å²) in [5.74, 6) is -0.199. The van der Waals surface area contributed by atoms with Crippen LogP contribution in [0.2, 0.25) is 0 Å². The average Bonchev–Trinajstić information content (AvgIpc) is 2.71. The zero-order valence-corrected chi connectivity index (χ0v) is 10.8. The fourth-order valence-corrected chi connectivity index (χ4v) is 2.75. The molecular formula is C12H16N2O2S. The molecule has 0 spiro atoms. The van der Waals surface area contributed by atoms with Crippen molar-refractivity contribution in [2.75, 3.05) is 7.05 Å². The lowest BCUT2D eigenvalue weighted by atomic mass is 10.0. The standard InChI is InChI=1S/C12H16N2O2S/c1-8-3-4-9(17-8)7-13-10-5-6-11(15)14(2)12(10)16/h3-4,10,13H,5-7H2,1-2H3. The molecule has 0 aromatic carbocycles. The molecule has 92 valence electrons. The van der Waals surface area contributed by atoms with Gasteiger partial charge in [0.05, 0.1) is 6.04 Å². The maximum absolute atomic E-state index is 11.8. The third kappa shape index (κ3) is 2.73. The van der Waals surface area contributed by atoms with E-state index < -0.39 is 0 Å². The normalized spacial score (nSPS) is 21.1. The van der Waals surface area contributed by atoms with Gasteiger partial charge in [-0.1, -0.05) is 0 Å². The lowest BCUT2D eigenvalue weighted by Gasteiger charge is -2.28. The predicted molar refractivity (Wildman–Crippen MR) is 66.7 cm³/mol. The first kappa shape index (κ1) is 12.3. The van der Waals surface area contributed by atoms with Crippen molar-refractivity contribution >= 4 is 23.2 Å². The minimum Gasteiger partial charge on any atom is -0.301 e. The second-order valence-electron chi connectivity index (χ2n) is 4.28. The van der Waals surface area contributed by atoms with Crippen molar-refractivity contribution in [2.24, 2.45) is 0 Å². The van der Waals surface area contributed by atoms with E-state index in [2.05, 4.69) is 24.4 Å². The van der Waals surface area contributed by atoms with Crippen LogP contribution in [-0.2, 0) is 16.1 Å². The van der Waals surface area contributed by atoms with E-state index in [1.54, 1.807) is 18.4 Å². The molecule has 17 heavy (non-hydrogen) atoms. The topological polar surface area (TPSA) is 49.4 Å². The van der Waals surface area contributed by atoms with Crippen molar-refractivity contribution in [1.29, 1.82) is 0 Å². The van der Waals surface area contributed by atoms with Crippen LogP contribution in [0.3, 0.4) is 0 Å². The summed E-state index contributed by atoms with van der Waals surface area (Å²) < 4.78 is 0. The molecule has 2 heterocycles. The van der Waals surface area contributed by atoms with E-state index >= 15 is 0 Å². The zero-order chi connectivity index (χ0) is 12.4. The largest absolute Gasteiger partial charge is 0.301 e. The number of likely N-dealkylation sites (tertiary alicyclic amines) is 1. The first-order chi connectivity index (χ1) is 8.08. The molecule has 1 unspecified atom stereocenters. The fraction of sp³-hybridized carbons (Fsp3) is 0.500. The zero-order valence-electron chi connectivity index (χ0n) is 10.0. The molecule has 2 rings (SSSR count). The number of nitrogens with one attached hydrogen (secondary N) is 1. The van der Waals surface area contributed by atoms with Crippen LogP contribution in [0.5, 0.6) is 0 Å². The number of carbonyl (C=O) groups is 2. The quantitative estimate of drug-likeness (QED) is 0.825. The number of hydrogen-bond donors (Lipinski definition) is 1. The van der Waals surface area contributed by atoms with Crippen molar-refractivity contribution < 1.29 is 9.59 Å². The molecule has 0 bridgehead atoms. The third-order valence-corrected chi connectivity index (χ3v) is 3.97. The number of carbonyl (C=O) groups excluding carboxylic acids is 2. The smallest absolute Gasteiger partial charge is 0.246 e. The van der Waals surface area contributed by atoms with E-state index in [0.717, 1.165) is 0 Å². The van der Waals surface area contributed by atoms with Gasteiger partial charge in [0.1, 0.15) is 0 Å². The van der Waals surface area contributed by atoms with Gasteiger partial charge < -0.3 is 5.32 Å². The maximum Gasteiger partial charge on any atom is 0.246 e. The molecule has 1 fully saturated rings. The average molecular weight is 252 g/mol. The molecule has 2 amide bonds. The molecule has 5 heteroatoms. The number of hydrogen-bond acceptors (Lipinski definition) is 4. The minimum atomic E-state index is -0.222. The molecule has 1 aromatic heterocycles. The number of imide groups is 1. The highest BCUT2D eigenvalue weighted by Crippen LogP contribution is 2.16. The second-order valence-corrected chi connectivity index (χ2v) is 5.65. The molecular weight excluding hydrogens is 236 g/mol. The number of amides is 2. The Morgan fingerprint density at radius 2 is 2.24 bits per heavy atom. The van der Waals surface area contributed by atoms with Gasteiger partial charge in [0.25, 0.3) is 0 Å². The number of piperidine rings is 1. The van der Waals surface area contributed by atoms with Crippen LogP contribution >= 0.6 is 11.3 Å². The summed E-state index contributed by atoms with van der Waals surface area (Å²) in [6.07, 6.45) is 1.05. The Hall–Kier alpha value is -1.20. The van der Waals surface area contributed by atoms with E-state index in [1.807, 2.05) is 0 Å². The van der Waals surface area contributed by atoms with Gasteiger partial charge in [-0.15, -0.1) is 11.3 Å². The third-order valence-electron chi connectivity index (χ3n) is 2.97. The lowest BCUT2D eigenvalue weighted by Crippen LogP contribution is -2.51. The van der Waals surface area contributed by atoms with Crippen LogP contribution in [0.1, 0.15) is 22.6 Å². The number of likely N-dealkylation sites (N-methyl/N-ethyl adjacent to an activating group) is 1. The van der Waals surface area contributed by atoms with E-state index in [-0.39, 0.29) is 17.9 Å². The minimum absolute atomic E-state index is 0.0833. The summed E-state index contributed by atoms with van der Waals surface area (Å²) in [5.41, 5.74) is 0. The molecule has 1 aliphatic heterocycles. The molecule has 1 aromatic rings. The maximum atomic E-state index is 11.8. The highest BCUT2D eigenvalue weighted by Gasteiger charge is 2.31.